The van der Waals surface area contributed by atoms with E-state index in [-0.39, 0.29) is 5.69 Å². The maximum Gasteiger partial charge on any atom is 0.264 e. The van der Waals surface area contributed by atoms with Gasteiger partial charge in [0.05, 0.1) is 21.4 Å². The average molecular weight is 323 g/mol. The van der Waals surface area contributed by atoms with Crippen molar-refractivity contribution in [3.8, 4) is 0 Å². The van der Waals surface area contributed by atoms with Gasteiger partial charge < -0.3 is 5.73 Å². The first kappa shape index (κ1) is 13.8. The molecule has 1 heterocycles. The van der Waals surface area contributed by atoms with Crippen LogP contribution >= 0.6 is 11.3 Å². The Morgan fingerprint density at radius 2 is 2.00 bits per heavy atom. The molecule has 108 valence electrons. The Morgan fingerprint density at radius 3 is 2.81 bits per heavy atom. The SMILES string of the molecule is Nc1ccc(F)c(S(=O)(=O)Nc2ccc3ncsc3c2)c1. The number of anilines is 2. The Bertz CT molecular complexity index is 922. The zero-order valence-electron chi connectivity index (χ0n) is 10.6. The van der Waals surface area contributed by atoms with E-state index in [0.29, 0.717) is 5.69 Å². The molecule has 0 aliphatic heterocycles. The zero-order valence-corrected chi connectivity index (χ0v) is 12.2. The van der Waals surface area contributed by atoms with Crippen LogP contribution in [-0.2, 0) is 10.0 Å². The first-order valence-electron chi connectivity index (χ1n) is 5.87. The summed E-state index contributed by atoms with van der Waals surface area (Å²) in [6.07, 6.45) is 0. The van der Waals surface area contributed by atoms with Crippen molar-refractivity contribution in [2.24, 2.45) is 0 Å². The molecular formula is C13H10FN3O2S2. The smallest absolute Gasteiger partial charge is 0.264 e. The van der Waals surface area contributed by atoms with Crippen LogP contribution in [0.1, 0.15) is 0 Å². The Balaban J connectivity index is 2.00. The minimum Gasteiger partial charge on any atom is -0.399 e. The largest absolute Gasteiger partial charge is 0.399 e. The molecule has 0 fully saturated rings. The lowest BCUT2D eigenvalue weighted by molar-refractivity contribution is 0.570. The Labute approximate surface area is 124 Å². The van der Waals surface area contributed by atoms with E-state index in [1.54, 1.807) is 23.7 Å². The Morgan fingerprint density at radius 1 is 1.19 bits per heavy atom. The first-order chi connectivity index (χ1) is 9.95. The predicted octanol–water partition coefficient (Wildman–Crippen LogP) is 2.82. The van der Waals surface area contributed by atoms with Crippen molar-refractivity contribution in [2.75, 3.05) is 10.5 Å². The van der Waals surface area contributed by atoms with Crippen LogP contribution in [0.3, 0.4) is 0 Å². The van der Waals surface area contributed by atoms with E-state index in [4.69, 9.17) is 5.73 Å². The molecule has 0 aliphatic carbocycles. The third kappa shape index (κ3) is 2.67. The quantitative estimate of drug-likeness (QED) is 0.726. The molecule has 0 saturated carbocycles. The number of nitrogen functional groups attached to an aromatic ring is 1. The number of hydrogen-bond acceptors (Lipinski definition) is 5. The number of nitrogens with zero attached hydrogens (tertiary/aromatic N) is 1. The molecule has 3 rings (SSSR count). The van der Waals surface area contributed by atoms with Crippen LogP contribution in [0.2, 0.25) is 0 Å². The van der Waals surface area contributed by atoms with Gasteiger partial charge in [-0.3, -0.25) is 4.72 Å². The van der Waals surface area contributed by atoms with Gasteiger partial charge in [-0.05, 0) is 36.4 Å². The number of thiazole rings is 1. The van der Waals surface area contributed by atoms with Gasteiger partial charge in [-0.25, -0.2) is 17.8 Å². The lowest BCUT2D eigenvalue weighted by Crippen LogP contribution is -2.14. The van der Waals surface area contributed by atoms with Gasteiger partial charge in [-0.1, -0.05) is 0 Å². The zero-order chi connectivity index (χ0) is 15.0. The van der Waals surface area contributed by atoms with Crippen molar-refractivity contribution in [2.45, 2.75) is 4.90 Å². The van der Waals surface area contributed by atoms with Crippen LogP contribution in [0.4, 0.5) is 15.8 Å². The first-order valence-corrected chi connectivity index (χ1v) is 8.23. The monoisotopic (exact) mass is 323 g/mol. The van der Waals surface area contributed by atoms with E-state index in [9.17, 15) is 12.8 Å². The topological polar surface area (TPSA) is 85.1 Å². The van der Waals surface area contributed by atoms with Gasteiger partial charge >= 0.3 is 0 Å². The van der Waals surface area contributed by atoms with Crippen LogP contribution in [0.5, 0.6) is 0 Å². The second kappa shape index (κ2) is 4.97. The molecule has 0 spiro atoms. The number of aromatic nitrogens is 1. The maximum absolute atomic E-state index is 13.7. The summed E-state index contributed by atoms with van der Waals surface area (Å²) in [5, 5.41) is 0. The van der Waals surface area contributed by atoms with Gasteiger partial charge in [0.15, 0.2) is 0 Å². The number of halogens is 1. The van der Waals surface area contributed by atoms with Crippen molar-refractivity contribution in [3.63, 3.8) is 0 Å². The molecule has 8 heteroatoms. The van der Waals surface area contributed by atoms with E-state index < -0.39 is 20.7 Å². The van der Waals surface area contributed by atoms with Crippen molar-refractivity contribution < 1.29 is 12.8 Å². The minimum atomic E-state index is -4.04. The summed E-state index contributed by atoms with van der Waals surface area (Å²) >= 11 is 1.39. The van der Waals surface area contributed by atoms with Crippen LogP contribution in [0.15, 0.2) is 46.8 Å². The predicted molar refractivity (Wildman–Crippen MR) is 81.2 cm³/mol. The van der Waals surface area contributed by atoms with E-state index in [0.717, 1.165) is 22.3 Å². The standard InChI is InChI=1S/C13H10FN3O2S2/c14-10-3-1-8(15)5-13(10)21(18,19)17-9-2-4-11-12(6-9)20-7-16-11/h1-7,17H,15H2. The molecule has 2 aromatic carbocycles. The molecule has 3 N–H and O–H groups in total. The number of nitrogens with one attached hydrogen (secondary N) is 1. The van der Waals surface area contributed by atoms with Gasteiger partial charge in [-0.15, -0.1) is 11.3 Å². The number of sulfonamides is 1. The van der Waals surface area contributed by atoms with Crippen LogP contribution in [0, 0.1) is 5.82 Å². The lowest BCUT2D eigenvalue weighted by atomic mass is 10.3. The van der Waals surface area contributed by atoms with E-state index in [1.807, 2.05) is 0 Å². The Hall–Kier alpha value is -2.19. The fourth-order valence-corrected chi connectivity index (χ4v) is 3.73. The summed E-state index contributed by atoms with van der Waals surface area (Å²) in [5.41, 5.74) is 8.47. The van der Waals surface area contributed by atoms with Crippen LogP contribution in [-0.4, -0.2) is 13.4 Å². The molecule has 3 aromatic rings. The molecule has 5 nitrogen and oxygen atoms in total. The van der Waals surface area contributed by atoms with Gasteiger partial charge in [-0.2, -0.15) is 0 Å². The van der Waals surface area contributed by atoms with Gasteiger partial charge in [0.2, 0.25) is 0 Å². The number of benzene rings is 2. The van der Waals surface area contributed by atoms with Gasteiger partial charge in [0.25, 0.3) is 10.0 Å². The summed E-state index contributed by atoms with van der Waals surface area (Å²) in [6, 6.07) is 8.33. The highest BCUT2D eigenvalue weighted by atomic mass is 32.2. The molecule has 1 aromatic heterocycles. The number of rotatable bonds is 3. The number of hydrogen-bond donors (Lipinski definition) is 2. The van der Waals surface area contributed by atoms with Gasteiger partial charge in [0.1, 0.15) is 10.7 Å². The molecule has 0 bridgehead atoms. The maximum atomic E-state index is 13.7. The molecule has 0 unspecified atom stereocenters. The number of nitrogens with two attached hydrogens (primary N) is 1. The van der Waals surface area contributed by atoms with E-state index in [2.05, 4.69) is 9.71 Å². The second-order valence-corrected chi connectivity index (χ2v) is 6.87. The molecule has 21 heavy (non-hydrogen) atoms. The fourth-order valence-electron chi connectivity index (χ4n) is 1.85. The second-order valence-electron chi connectivity index (χ2n) is 4.33. The summed E-state index contributed by atoms with van der Waals surface area (Å²) in [4.78, 5) is 3.63. The highest BCUT2D eigenvalue weighted by Gasteiger charge is 2.19. The highest BCUT2D eigenvalue weighted by molar-refractivity contribution is 7.92. The van der Waals surface area contributed by atoms with Gasteiger partial charge in [0, 0.05) is 5.69 Å². The molecule has 0 saturated heterocycles. The fraction of sp³-hybridized carbons (Fsp3) is 0. The highest BCUT2D eigenvalue weighted by Crippen LogP contribution is 2.25. The normalized spacial score (nSPS) is 11.7. The van der Waals surface area contributed by atoms with Crippen molar-refractivity contribution in [3.05, 3.63) is 47.7 Å². The molecule has 0 amide bonds. The summed E-state index contributed by atoms with van der Waals surface area (Å²) in [7, 11) is -4.04. The minimum absolute atomic E-state index is 0.176. The summed E-state index contributed by atoms with van der Waals surface area (Å²) in [5.74, 6) is -0.851. The molecule has 0 atom stereocenters. The molecule has 0 aliphatic rings. The van der Waals surface area contributed by atoms with E-state index >= 15 is 0 Å². The summed E-state index contributed by atoms with van der Waals surface area (Å²) in [6.45, 7) is 0. The van der Waals surface area contributed by atoms with Crippen LogP contribution < -0.4 is 10.5 Å². The summed E-state index contributed by atoms with van der Waals surface area (Å²) < 4.78 is 41.3. The average Bonchev–Trinajstić information content (AvgIpc) is 2.88. The van der Waals surface area contributed by atoms with Crippen molar-refractivity contribution >= 4 is 43.0 Å². The number of fused-ring (bicyclic) bond motifs is 1. The third-order valence-electron chi connectivity index (χ3n) is 2.83. The van der Waals surface area contributed by atoms with Crippen molar-refractivity contribution in [1.82, 2.24) is 4.98 Å². The van der Waals surface area contributed by atoms with Crippen LogP contribution in [0.25, 0.3) is 10.2 Å². The Kier molecular flexibility index (Phi) is 3.26. The molecule has 0 radical (unpaired) electrons. The molecular weight excluding hydrogens is 313 g/mol. The lowest BCUT2D eigenvalue weighted by Gasteiger charge is -2.09. The third-order valence-corrected chi connectivity index (χ3v) is 5.02. The van der Waals surface area contributed by atoms with E-state index in [1.165, 1.54) is 17.4 Å². The van der Waals surface area contributed by atoms with Crippen molar-refractivity contribution in [1.29, 1.82) is 0 Å².